The third-order valence-corrected chi connectivity index (χ3v) is 3.57. The quantitative estimate of drug-likeness (QED) is 0.761. The predicted molar refractivity (Wildman–Crippen MR) is 73.4 cm³/mol. The van der Waals surface area contributed by atoms with Gasteiger partial charge in [-0.25, -0.2) is 0 Å². The molecule has 1 fully saturated rings. The van der Waals surface area contributed by atoms with Gasteiger partial charge in [-0.05, 0) is 37.2 Å². The maximum absolute atomic E-state index is 5.70. The number of rotatable bonds is 5. The Hall–Kier alpha value is -1.05. The number of nitrogens with two attached hydrogens (primary N) is 1. The highest BCUT2D eigenvalue weighted by Gasteiger charge is 2.17. The third kappa shape index (κ3) is 4.52. The fraction of sp³-hybridized carbons (Fsp3) is 0.917. The molecular weight excluding hydrogens is 242 g/mol. The van der Waals surface area contributed by atoms with Crippen LogP contribution in [0.25, 0.3) is 0 Å². The molecule has 19 heavy (non-hydrogen) atoms. The summed E-state index contributed by atoms with van der Waals surface area (Å²) in [6, 6.07) is 0. The second-order valence-electron chi connectivity index (χ2n) is 5.47. The van der Waals surface area contributed by atoms with E-state index in [0.29, 0.717) is 5.92 Å². The number of tetrazole rings is 1. The van der Waals surface area contributed by atoms with E-state index < -0.39 is 0 Å². The summed E-state index contributed by atoms with van der Waals surface area (Å²) >= 11 is 0. The van der Waals surface area contributed by atoms with E-state index in [-0.39, 0.29) is 0 Å². The Morgan fingerprint density at radius 3 is 2.63 bits per heavy atom. The van der Waals surface area contributed by atoms with Gasteiger partial charge >= 0.3 is 0 Å². The average molecular weight is 267 g/mol. The lowest BCUT2D eigenvalue weighted by Gasteiger charge is -2.23. The van der Waals surface area contributed by atoms with Crippen LogP contribution in [0.3, 0.4) is 0 Å². The maximum Gasteiger partial charge on any atom is 0.188 e. The van der Waals surface area contributed by atoms with Crippen LogP contribution in [0.5, 0.6) is 0 Å². The van der Waals surface area contributed by atoms with E-state index in [1.807, 2.05) is 0 Å². The largest absolute Gasteiger partial charge is 0.330 e. The molecule has 0 bridgehead atoms. The fourth-order valence-corrected chi connectivity index (χ4v) is 2.47. The SMILES string of the molecule is CC(CN)CN1CCCN(Cc2nnn(C)n2)CC1. The zero-order chi connectivity index (χ0) is 13.7. The molecule has 0 saturated carbocycles. The van der Waals surface area contributed by atoms with E-state index in [9.17, 15) is 0 Å². The minimum atomic E-state index is 0.577. The number of aryl methyl sites for hydroxylation is 1. The van der Waals surface area contributed by atoms with Gasteiger partial charge in [-0.3, -0.25) is 4.90 Å². The van der Waals surface area contributed by atoms with E-state index in [4.69, 9.17) is 5.73 Å². The van der Waals surface area contributed by atoms with Crippen LogP contribution in [0, 0.1) is 5.92 Å². The van der Waals surface area contributed by atoms with E-state index >= 15 is 0 Å². The van der Waals surface area contributed by atoms with Gasteiger partial charge in [0.05, 0.1) is 13.6 Å². The van der Waals surface area contributed by atoms with Crippen LogP contribution in [0.2, 0.25) is 0 Å². The molecule has 1 aliphatic rings. The van der Waals surface area contributed by atoms with Gasteiger partial charge < -0.3 is 10.6 Å². The summed E-state index contributed by atoms with van der Waals surface area (Å²) in [6.07, 6.45) is 1.19. The Labute approximate surface area is 114 Å². The number of hydrogen-bond acceptors (Lipinski definition) is 6. The third-order valence-electron chi connectivity index (χ3n) is 3.57. The minimum absolute atomic E-state index is 0.577. The molecule has 7 heteroatoms. The monoisotopic (exact) mass is 267 g/mol. The normalized spacial score (nSPS) is 20.4. The number of nitrogens with zero attached hydrogens (tertiary/aromatic N) is 6. The molecule has 0 radical (unpaired) electrons. The van der Waals surface area contributed by atoms with Crippen LogP contribution in [-0.4, -0.2) is 69.3 Å². The molecule has 0 aliphatic carbocycles. The van der Waals surface area contributed by atoms with Crippen LogP contribution in [-0.2, 0) is 13.6 Å². The standard InChI is InChI=1S/C12H25N7/c1-11(8-13)9-18-4-3-5-19(7-6-18)10-12-14-16-17(2)15-12/h11H,3-10,13H2,1-2H3. The lowest BCUT2D eigenvalue weighted by Crippen LogP contribution is -2.35. The molecule has 1 saturated heterocycles. The summed E-state index contributed by atoms with van der Waals surface area (Å²) < 4.78 is 0. The molecule has 7 nitrogen and oxygen atoms in total. The Kier molecular flexibility index (Phi) is 5.24. The van der Waals surface area contributed by atoms with Crippen molar-refractivity contribution in [2.45, 2.75) is 19.9 Å². The van der Waals surface area contributed by atoms with E-state index in [0.717, 1.165) is 51.6 Å². The average Bonchev–Trinajstić information content (AvgIpc) is 2.67. The predicted octanol–water partition coefficient (Wildman–Crippen LogP) is -0.687. The second-order valence-corrected chi connectivity index (χ2v) is 5.47. The van der Waals surface area contributed by atoms with Crippen molar-refractivity contribution in [2.24, 2.45) is 18.7 Å². The summed E-state index contributed by atoms with van der Waals surface area (Å²) in [4.78, 5) is 6.44. The first-order valence-corrected chi connectivity index (χ1v) is 7.05. The molecular formula is C12H25N7. The summed E-state index contributed by atoms with van der Waals surface area (Å²) in [5.41, 5.74) is 5.70. The number of hydrogen-bond donors (Lipinski definition) is 1. The maximum atomic E-state index is 5.70. The summed E-state index contributed by atoms with van der Waals surface area (Å²) in [6.45, 7) is 9.32. The van der Waals surface area contributed by atoms with Crippen molar-refractivity contribution in [3.63, 3.8) is 0 Å². The lowest BCUT2D eigenvalue weighted by atomic mass is 10.1. The molecule has 108 valence electrons. The van der Waals surface area contributed by atoms with Gasteiger partial charge in [0.25, 0.3) is 0 Å². The lowest BCUT2D eigenvalue weighted by molar-refractivity contribution is 0.229. The molecule has 1 unspecified atom stereocenters. The topological polar surface area (TPSA) is 76.1 Å². The number of aromatic nitrogens is 4. The molecule has 0 aromatic carbocycles. The van der Waals surface area contributed by atoms with Gasteiger partial charge in [0.15, 0.2) is 5.82 Å². The van der Waals surface area contributed by atoms with Crippen molar-refractivity contribution in [3.05, 3.63) is 5.82 Å². The molecule has 2 heterocycles. The smallest absolute Gasteiger partial charge is 0.188 e. The van der Waals surface area contributed by atoms with E-state index in [1.165, 1.54) is 11.2 Å². The molecule has 2 N–H and O–H groups in total. The summed E-state index contributed by atoms with van der Waals surface area (Å²) in [5.74, 6) is 1.39. The zero-order valence-corrected chi connectivity index (χ0v) is 12.0. The molecule has 2 rings (SSSR count). The first-order chi connectivity index (χ1) is 9.17. The molecule has 1 aromatic rings. The van der Waals surface area contributed by atoms with Crippen LogP contribution in [0.4, 0.5) is 0 Å². The first kappa shape index (κ1) is 14.4. The van der Waals surface area contributed by atoms with Crippen LogP contribution in [0.15, 0.2) is 0 Å². The van der Waals surface area contributed by atoms with Crippen molar-refractivity contribution in [1.82, 2.24) is 30.0 Å². The Morgan fingerprint density at radius 1 is 1.21 bits per heavy atom. The van der Waals surface area contributed by atoms with Crippen LogP contribution >= 0.6 is 0 Å². The van der Waals surface area contributed by atoms with Crippen LogP contribution < -0.4 is 5.73 Å². The highest BCUT2D eigenvalue weighted by Crippen LogP contribution is 2.07. The molecule has 0 amide bonds. The van der Waals surface area contributed by atoms with Gasteiger partial charge in [0.1, 0.15) is 0 Å². The summed E-state index contributed by atoms with van der Waals surface area (Å²) in [7, 11) is 1.80. The first-order valence-electron chi connectivity index (χ1n) is 7.05. The van der Waals surface area contributed by atoms with Gasteiger partial charge in [-0.1, -0.05) is 6.92 Å². The highest BCUT2D eigenvalue weighted by atomic mass is 15.6. The second kappa shape index (κ2) is 6.93. The Bertz CT molecular complexity index is 378. The zero-order valence-electron chi connectivity index (χ0n) is 12.0. The van der Waals surface area contributed by atoms with E-state index in [2.05, 4.69) is 32.1 Å². The fourth-order valence-electron chi connectivity index (χ4n) is 2.47. The molecule has 1 atom stereocenters. The Morgan fingerprint density at radius 2 is 1.95 bits per heavy atom. The molecule has 1 aliphatic heterocycles. The van der Waals surface area contributed by atoms with Crippen molar-refractivity contribution in [1.29, 1.82) is 0 Å². The van der Waals surface area contributed by atoms with Gasteiger partial charge in [-0.2, -0.15) is 4.80 Å². The Balaban J connectivity index is 1.79. The molecule has 0 spiro atoms. The van der Waals surface area contributed by atoms with Crippen molar-refractivity contribution >= 4 is 0 Å². The minimum Gasteiger partial charge on any atom is -0.330 e. The summed E-state index contributed by atoms with van der Waals surface area (Å²) in [5, 5.41) is 12.2. The van der Waals surface area contributed by atoms with Crippen molar-refractivity contribution in [3.8, 4) is 0 Å². The van der Waals surface area contributed by atoms with Gasteiger partial charge in [0, 0.05) is 19.6 Å². The van der Waals surface area contributed by atoms with Crippen molar-refractivity contribution in [2.75, 3.05) is 39.3 Å². The van der Waals surface area contributed by atoms with Crippen molar-refractivity contribution < 1.29 is 0 Å². The van der Waals surface area contributed by atoms with Gasteiger partial charge in [-0.15, -0.1) is 10.2 Å². The highest BCUT2D eigenvalue weighted by molar-refractivity contribution is 4.79. The molecule has 1 aromatic heterocycles. The van der Waals surface area contributed by atoms with Gasteiger partial charge in [0.2, 0.25) is 0 Å². The van der Waals surface area contributed by atoms with Crippen LogP contribution in [0.1, 0.15) is 19.2 Å². The van der Waals surface area contributed by atoms with E-state index in [1.54, 1.807) is 7.05 Å².